The molecule has 6 aliphatic rings. The Morgan fingerprint density at radius 1 is 1.07 bits per heavy atom. The van der Waals surface area contributed by atoms with Crippen LogP contribution in [-0.4, -0.2) is 110 Å². The number of amides is 3. The second-order valence-corrected chi connectivity index (χ2v) is 12.8. The average molecular weight is 599 g/mol. The van der Waals surface area contributed by atoms with E-state index in [0.29, 0.717) is 32.5 Å². The van der Waals surface area contributed by atoms with E-state index in [4.69, 9.17) is 0 Å². The first kappa shape index (κ1) is 29.6. The summed E-state index contributed by atoms with van der Waals surface area (Å²) < 4.78 is 28.9. The van der Waals surface area contributed by atoms with Crippen LogP contribution in [0.2, 0.25) is 0 Å². The van der Waals surface area contributed by atoms with Crippen molar-refractivity contribution in [3.05, 3.63) is 34.2 Å². The summed E-state index contributed by atoms with van der Waals surface area (Å²) in [6, 6.07) is -0.0194. The molecule has 0 spiro atoms. The number of rotatable bonds is 6. The maximum Gasteiger partial charge on any atom is 0.317 e. The predicted octanol–water partition coefficient (Wildman–Crippen LogP) is 3.36. The lowest BCUT2D eigenvalue weighted by atomic mass is 9.75. The van der Waals surface area contributed by atoms with Crippen molar-refractivity contribution in [2.45, 2.75) is 63.8 Å². The third-order valence-corrected chi connectivity index (χ3v) is 9.92. The topological polar surface area (TPSA) is 107 Å². The highest BCUT2D eigenvalue weighted by molar-refractivity contribution is 5.99. The first-order valence-electron chi connectivity index (χ1n) is 15.8. The van der Waals surface area contributed by atoms with Crippen molar-refractivity contribution >= 4 is 24.0 Å². The van der Waals surface area contributed by atoms with E-state index < -0.39 is 6.43 Å². The van der Waals surface area contributed by atoms with Crippen LogP contribution in [0, 0.1) is 23.2 Å². The Labute approximate surface area is 252 Å². The number of nitrogens with one attached hydrogen (secondary N) is 3. The van der Waals surface area contributed by atoms with Gasteiger partial charge in [0, 0.05) is 99.9 Å². The van der Waals surface area contributed by atoms with Gasteiger partial charge in [-0.1, -0.05) is 0 Å². The van der Waals surface area contributed by atoms with Gasteiger partial charge in [0.25, 0.3) is 6.43 Å². The highest BCUT2D eigenvalue weighted by Crippen LogP contribution is 2.43. The fourth-order valence-electron chi connectivity index (χ4n) is 7.32. The molecule has 0 aromatic heterocycles. The second-order valence-electron chi connectivity index (χ2n) is 12.8. The molecule has 10 nitrogen and oxygen atoms in total. The number of hydrogen-bond acceptors (Lipinski definition) is 6. The van der Waals surface area contributed by atoms with Crippen LogP contribution in [0.4, 0.5) is 13.6 Å². The van der Waals surface area contributed by atoms with Crippen molar-refractivity contribution in [1.82, 2.24) is 30.3 Å². The van der Waals surface area contributed by atoms with Crippen LogP contribution in [0.3, 0.4) is 0 Å². The van der Waals surface area contributed by atoms with Crippen LogP contribution in [0.15, 0.2) is 39.3 Å². The first-order chi connectivity index (χ1) is 20.7. The Morgan fingerprint density at radius 3 is 2.49 bits per heavy atom. The van der Waals surface area contributed by atoms with Crippen molar-refractivity contribution in [2.24, 2.45) is 22.9 Å². The number of nitrogens with zero attached hydrogens (tertiary/aromatic N) is 5. The zero-order valence-corrected chi connectivity index (χ0v) is 25.2. The summed E-state index contributed by atoms with van der Waals surface area (Å²) in [7, 11) is 3.47. The monoisotopic (exact) mass is 598 g/mol. The van der Waals surface area contributed by atoms with Crippen molar-refractivity contribution in [2.75, 3.05) is 53.4 Å². The summed E-state index contributed by atoms with van der Waals surface area (Å²) in [5, 5.41) is 22.0. The lowest BCUT2D eigenvalue weighted by Crippen LogP contribution is -2.50. The minimum absolute atomic E-state index is 0.0573. The van der Waals surface area contributed by atoms with Gasteiger partial charge in [0.2, 0.25) is 5.91 Å². The quantitative estimate of drug-likeness (QED) is 0.321. The average Bonchev–Trinajstić information content (AvgIpc) is 3.79. The smallest absolute Gasteiger partial charge is 0.317 e. The van der Waals surface area contributed by atoms with Crippen LogP contribution in [-0.2, 0) is 4.79 Å². The number of halogens is 2. The summed E-state index contributed by atoms with van der Waals surface area (Å²) in [6.45, 7) is 3.45. The van der Waals surface area contributed by atoms with Crippen LogP contribution >= 0.6 is 0 Å². The summed E-state index contributed by atoms with van der Waals surface area (Å²) in [5.41, 5.74) is 3.65. The lowest BCUT2D eigenvalue weighted by molar-refractivity contribution is -0.133. The SMILES string of the molecule is CNC(=O)N1CCC(NC2CCN(C(=O)C3CC3)CC2)=C(C(=N)N2CCCC3=C2C=C(C(F)F)C(C2C=NN(C)C2)C3)C1. The molecular weight excluding hydrogens is 554 g/mol. The summed E-state index contributed by atoms with van der Waals surface area (Å²) in [5.74, 6) is 0.424. The number of alkyl halides is 2. The number of urea groups is 1. The number of hydrazone groups is 1. The third kappa shape index (κ3) is 6.15. The molecule has 6 rings (SSSR count). The fraction of sp³-hybridized carbons (Fsp3) is 0.677. The fourth-order valence-corrected chi connectivity index (χ4v) is 7.32. The maximum atomic E-state index is 14.5. The minimum atomic E-state index is -2.58. The molecule has 2 aliphatic carbocycles. The van der Waals surface area contributed by atoms with E-state index >= 15 is 0 Å². The molecule has 2 unspecified atom stereocenters. The van der Waals surface area contributed by atoms with Crippen LogP contribution < -0.4 is 10.6 Å². The molecule has 0 aromatic carbocycles. The van der Waals surface area contributed by atoms with Gasteiger partial charge >= 0.3 is 6.03 Å². The molecule has 3 N–H and O–H groups in total. The molecule has 12 heteroatoms. The molecular formula is C31H44F2N8O2. The number of allylic oxidation sites excluding steroid dienone is 3. The van der Waals surface area contributed by atoms with Gasteiger partial charge in [-0.2, -0.15) is 5.10 Å². The molecule has 3 amide bonds. The molecule has 4 aliphatic heterocycles. The predicted molar refractivity (Wildman–Crippen MR) is 161 cm³/mol. The Hall–Kier alpha value is -3.44. The van der Waals surface area contributed by atoms with Gasteiger partial charge in [-0.15, -0.1) is 0 Å². The Morgan fingerprint density at radius 2 is 1.84 bits per heavy atom. The van der Waals surface area contributed by atoms with E-state index in [0.717, 1.165) is 74.2 Å². The molecule has 0 radical (unpaired) electrons. The zero-order valence-electron chi connectivity index (χ0n) is 25.2. The minimum Gasteiger partial charge on any atom is -0.385 e. The number of piperidine rings is 1. The maximum absolute atomic E-state index is 14.5. The number of carbonyl (C=O) groups excluding carboxylic acids is 2. The molecule has 1 saturated carbocycles. The van der Waals surface area contributed by atoms with Crippen molar-refractivity contribution in [3.8, 4) is 0 Å². The Balaban J connectivity index is 1.24. The number of likely N-dealkylation sites (tertiary alicyclic amines) is 1. The summed E-state index contributed by atoms with van der Waals surface area (Å²) in [4.78, 5) is 30.8. The van der Waals surface area contributed by atoms with Crippen LogP contribution in [0.5, 0.6) is 0 Å². The lowest BCUT2D eigenvalue weighted by Gasteiger charge is -2.41. The largest absolute Gasteiger partial charge is 0.385 e. The van der Waals surface area contributed by atoms with Gasteiger partial charge in [-0.3, -0.25) is 15.2 Å². The molecule has 234 valence electrons. The van der Waals surface area contributed by atoms with Gasteiger partial charge in [0.05, 0.1) is 6.54 Å². The number of amidine groups is 1. The van der Waals surface area contributed by atoms with Gasteiger partial charge in [0.15, 0.2) is 0 Å². The highest BCUT2D eigenvalue weighted by Gasteiger charge is 2.39. The number of carbonyl (C=O) groups is 2. The van der Waals surface area contributed by atoms with Crippen molar-refractivity contribution in [1.29, 1.82) is 5.41 Å². The van der Waals surface area contributed by atoms with E-state index in [1.807, 2.05) is 16.8 Å². The molecule has 0 bridgehead atoms. The Kier molecular flexibility index (Phi) is 8.46. The summed E-state index contributed by atoms with van der Waals surface area (Å²) in [6.07, 6.45) is 7.36. The molecule has 2 fully saturated rings. The second kappa shape index (κ2) is 12.3. The highest BCUT2D eigenvalue weighted by atomic mass is 19.3. The molecule has 4 heterocycles. The van der Waals surface area contributed by atoms with E-state index in [9.17, 15) is 23.8 Å². The first-order valence-corrected chi connectivity index (χ1v) is 15.8. The van der Waals surface area contributed by atoms with Gasteiger partial charge < -0.3 is 25.3 Å². The van der Waals surface area contributed by atoms with E-state index in [2.05, 4.69) is 15.7 Å². The third-order valence-electron chi connectivity index (χ3n) is 9.92. The standard InChI is InChI=1S/C31H44F2N8O2/c1-35-31(43)40-13-9-26(37-22-7-11-39(12-8-22)30(42)19-5-6-19)25(18-40)29(34)41-10-3-4-20-14-23(21-16-36-38(2)17-21)24(28(32)33)15-27(20)41/h15-16,19,21-23,28,34,37H,3-14,17-18H2,1-2H3,(H,35,43). The Bertz CT molecular complexity index is 1260. The molecule has 43 heavy (non-hydrogen) atoms. The van der Waals surface area contributed by atoms with Gasteiger partial charge in [0.1, 0.15) is 5.84 Å². The number of hydrogen-bond donors (Lipinski definition) is 3. The van der Waals surface area contributed by atoms with Crippen LogP contribution in [0.25, 0.3) is 0 Å². The normalized spacial score (nSPS) is 26.7. The molecule has 1 saturated heterocycles. The van der Waals surface area contributed by atoms with E-state index in [1.165, 1.54) is 0 Å². The van der Waals surface area contributed by atoms with E-state index in [-0.39, 0.29) is 53.7 Å². The van der Waals surface area contributed by atoms with Crippen molar-refractivity contribution in [3.63, 3.8) is 0 Å². The van der Waals surface area contributed by atoms with Gasteiger partial charge in [-0.25, -0.2) is 13.6 Å². The van der Waals surface area contributed by atoms with Gasteiger partial charge in [-0.05, 0) is 62.5 Å². The molecule has 2 atom stereocenters. The van der Waals surface area contributed by atoms with Crippen molar-refractivity contribution < 1.29 is 18.4 Å². The van der Waals surface area contributed by atoms with Crippen LogP contribution in [0.1, 0.15) is 51.4 Å². The summed E-state index contributed by atoms with van der Waals surface area (Å²) >= 11 is 0. The zero-order chi connectivity index (χ0) is 30.2. The van der Waals surface area contributed by atoms with E-state index in [1.54, 1.807) is 29.2 Å². The molecule has 0 aromatic rings.